The minimum absolute atomic E-state index is 0.0460. The zero-order valence-electron chi connectivity index (χ0n) is 9.66. The molecule has 86 valence electrons. The van der Waals surface area contributed by atoms with Gasteiger partial charge in [0.1, 0.15) is 0 Å². The third-order valence-corrected chi connectivity index (χ3v) is 2.09. The smallest absolute Gasteiger partial charge is 0.244 e. The van der Waals surface area contributed by atoms with Crippen molar-refractivity contribution in [2.75, 3.05) is 0 Å². The zero-order valence-corrected chi connectivity index (χ0v) is 9.66. The van der Waals surface area contributed by atoms with Gasteiger partial charge in [-0.3, -0.25) is 4.79 Å². The number of allylic oxidation sites excluding steroid dienone is 1. The van der Waals surface area contributed by atoms with E-state index in [1.165, 1.54) is 0 Å². The summed E-state index contributed by atoms with van der Waals surface area (Å²) in [7, 11) is 0. The molecule has 0 aliphatic rings. The van der Waals surface area contributed by atoms with E-state index < -0.39 is 0 Å². The average Bonchev–Trinajstić information content (AvgIpc) is 2.26. The van der Waals surface area contributed by atoms with Gasteiger partial charge in [-0.25, -0.2) is 0 Å². The van der Waals surface area contributed by atoms with E-state index in [0.29, 0.717) is 6.54 Å². The van der Waals surface area contributed by atoms with E-state index in [-0.39, 0.29) is 12.5 Å². The van der Waals surface area contributed by atoms with E-state index in [1.807, 2.05) is 38.1 Å². The Hall–Kier alpha value is -1.61. The van der Waals surface area contributed by atoms with Gasteiger partial charge >= 0.3 is 0 Å². The number of carbonyl (C=O) groups excluding carboxylic acids is 1. The fraction of sp³-hybridized carbons (Fsp3) is 0.308. The summed E-state index contributed by atoms with van der Waals surface area (Å²) in [5.41, 5.74) is 2.88. The molecule has 0 heterocycles. The molecule has 0 aromatic heterocycles. The fourth-order valence-electron chi connectivity index (χ4n) is 1.26. The van der Waals surface area contributed by atoms with Gasteiger partial charge in [-0.15, -0.1) is 0 Å². The molecule has 1 rings (SSSR count). The van der Waals surface area contributed by atoms with E-state index >= 15 is 0 Å². The first kappa shape index (κ1) is 12.5. The van der Waals surface area contributed by atoms with Crippen LogP contribution in [0.15, 0.2) is 35.9 Å². The van der Waals surface area contributed by atoms with Crippen LogP contribution in [0.4, 0.5) is 0 Å². The van der Waals surface area contributed by atoms with Gasteiger partial charge in [-0.1, -0.05) is 29.8 Å². The highest BCUT2D eigenvalue weighted by Crippen LogP contribution is 2.03. The number of benzene rings is 1. The first-order valence-corrected chi connectivity index (χ1v) is 5.23. The first-order chi connectivity index (χ1) is 7.61. The number of aliphatic hydroxyl groups excluding tert-OH is 1. The highest BCUT2D eigenvalue weighted by Gasteiger charge is 1.97. The topological polar surface area (TPSA) is 49.3 Å². The van der Waals surface area contributed by atoms with Crippen LogP contribution in [0.1, 0.15) is 25.0 Å². The Kier molecular flexibility index (Phi) is 4.73. The van der Waals surface area contributed by atoms with Crippen LogP contribution in [0, 0.1) is 0 Å². The maximum absolute atomic E-state index is 11.3. The Morgan fingerprint density at radius 1 is 1.25 bits per heavy atom. The van der Waals surface area contributed by atoms with Crippen LogP contribution in [-0.4, -0.2) is 11.0 Å². The molecule has 0 unspecified atom stereocenters. The fourth-order valence-corrected chi connectivity index (χ4v) is 1.26. The van der Waals surface area contributed by atoms with Gasteiger partial charge < -0.3 is 10.4 Å². The van der Waals surface area contributed by atoms with Crippen molar-refractivity contribution < 1.29 is 9.90 Å². The second kappa shape index (κ2) is 6.08. The summed E-state index contributed by atoms with van der Waals surface area (Å²) in [5, 5.41) is 11.7. The highest BCUT2D eigenvalue weighted by atomic mass is 16.3. The number of nitrogens with one attached hydrogen (secondary N) is 1. The first-order valence-electron chi connectivity index (χ1n) is 5.23. The van der Waals surface area contributed by atoms with Crippen LogP contribution in [-0.2, 0) is 17.9 Å². The molecule has 3 heteroatoms. The summed E-state index contributed by atoms with van der Waals surface area (Å²) in [5.74, 6) is -0.0776. The van der Waals surface area contributed by atoms with E-state index in [4.69, 9.17) is 5.11 Å². The molecule has 0 saturated heterocycles. The second-order valence-corrected chi connectivity index (χ2v) is 3.91. The minimum Gasteiger partial charge on any atom is -0.392 e. The molecule has 1 aromatic rings. The van der Waals surface area contributed by atoms with Crippen molar-refractivity contribution in [2.24, 2.45) is 0 Å². The number of carbonyl (C=O) groups is 1. The van der Waals surface area contributed by atoms with Crippen molar-refractivity contribution in [1.29, 1.82) is 0 Å². The normalized spacial score (nSPS) is 9.69. The lowest BCUT2D eigenvalue weighted by Gasteiger charge is -2.03. The summed E-state index contributed by atoms with van der Waals surface area (Å²) < 4.78 is 0. The average molecular weight is 219 g/mol. The molecule has 1 aromatic carbocycles. The third kappa shape index (κ3) is 4.28. The Bertz CT molecular complexity index is 375. The van der Waals surface area contributed by atoms with E-state index in [0.717, 1.165) is 16.7 Å². The largest absolute Gasteiger partial charge is 0.392 e. The van der Waals surface area contributed by atoms with Crippen molar-refractivity contribution in [3.63, 3.8) is 0 Å². The molecule has 1 amide bonds. The molecule has 2 N–H and O–H groups in total. The molecular weight excluding hydrogens is 202 g/mol. The van der Waals surface area contributed by atoms with Crippen LogP contribution in [0.25, 0.3) is 0 Å². The lowest BCUT2D eigenvalue weighted by molar-refractivity contribution is -0.116. The zero-order chi connectivity index (χ0) is 12.0. The van der Waals surface area contributed by atoms with Gasteiger partial charge in [0, 0.05) is 12.6 Å². The van der Waals surface area contributed by atoms with Gasteiger partial charge in [0.15, 0.2) is 0 Å². The summed E-state index contributed by atoms with van der Waals surface area (Å²) in [6.07, 6.45) is 1.57. The maximum Gasteiger partial charge on any atom is 0.244 e. The van der Waals surface area contributed by atoms with Crippen LogP contribution in [0.5, 0.6) is 0 Å². The maximum atomic E-state index is 11.3. The minimum atomic E-state index is -0.0776. The number of aliphatic hydroxyl groups is 1. The van der Waals surface area contributed by atoms with Gasteiger partial charge in [-0.2, -0.15) is 0 Å². The molecule has 0 radical (unpaired) electrons. The number of amides is 1. The summed E-state index contributed by atoms with van der Waals surface area (Å²) in [4.78, 5) is 11.3. The molecule has 0 fully saturated rings. The quantitative estimate of drug-likeness (QED) is 0.758. The van der Waals surface area contributed by atoms with Gasteiger partial charge in [0.2, 0.25) is 5.91 Å². The van der Waals surface area contributed by atoms with Crippen molar-refractivity contribution in [3.05, 3.63) is 47.0 Å². The SMILES string of the molecule is CC(C)=CC(=O)NCc1ccc(CO)cc1. The van der Waals surface area contributed by atoms with Crippen LogP contribution in [0.3, 0.4) is 0 Å². The lowest BCUT2D eigenvalue weighted by Crippen LogP contribution is -2.20. The van der Waals surface area contributed by atoms with Crippen molar-refractivity contribution in [2.45, 2.75) is 27.0 Å². The van der Waals surface area contributed by atoms with Crippen molar-refractivity contribution in [1.82, 2.24) is 5.32 Å². The molecule has 0 spiro atoms. The molecule has 0 aliphatic carbocycles. The van der Waals surface area contributed by atoms with Crippen LogP contribution >= 0.6 is 0 Å². The predicted octanol–water partition coefficient (Wildman–Crippen LogP) is 1.76. The van der Waals surface area contributed by atoms with Crippen molar-refractivity contribution >= 4 is 5.91 Å². The Labute approximate surface area is 95.8 Å². The van der Waals surface area contributed by atoms with E-state index in [2.05, 4.69) is 5.32 Å². The number of hydrogen-bond acceptors (Lipinski definition) is 2. The van der Waals surface area contributed by atoms with E-state index in [1.54, 1.807) is 6.08 Å². The summed E-state index contributed by atoms with van der Waals surface area (Å²) >= 11 is 0. The predicted molar refractivity (Wildman–Crippen MR) is 63.6 cm³/mol. The van der Waals surface area contributed by atoms with Crippen LogP contribution < -0.4 is 5.32 Å². The Morgan fingerprint density at radius 3 is 2.31 bits per heavy atom. The molecule has 16 heavy (non-hydrogen) atoms. The summed E-state index contributed by atoms with van der Waals surface area (Å²) in [6, 6.07) is 7.49. The Balaban J connectivity index is 2.48. The third-order valence-electron chi connectivity index (χ3n) is 2.09. The van der Waals surface area contributed by atoms with Gasteiger partial charge in [0.05, 0.1) is 6.61 Å². The van der Waals surface area contributed by atoms with Gasteiger partial charge in [0.25, 0.3) is 0 Å². The molecule has 3 nitrogen and oxygen atoms in total. The molecular formula is C13H17NO2. The lowest BCUT2D eigenvalue weighted by atomic mass is 10.1. The van der Waals surface area contributed by atoms with Crippen LogP contribution in [0.2, 0.25) is 0 Å². The van der Waals surface area contributed by atoms with Gasteiger partial charge in [-0.05, 0) is 25.0 Å². The number of rotatable bonds is 4. The Morgan fingerprint density at radius 2 is 1.81 bits per heavy atom. The molecule has 0 aliphatic heterocycles. The highest BCUT2D eigenvalue weighted by molar-refractivity contribution is 5.87. The number of hydrogen-bond donors (Lipinski definition) is 2. The second-order valence-electron chi connectivity index (χ2n) is 3.91. The summed E-state index contributed by atoms with van der Waals surface area (Å²) in [6.45, 7) is 4.32. The molecule has 0 saturated carbocycles. The molecule has 0 atom stereocenters. The molecule has 0 bridgehead atoms. The monoisotopic (exact) mass is 219 g/mol. The standard InChI is InChI=1S/C13H17NO2/c1-10(2)7-13(16)14-8-11-3-5-12(9-15)6-4-11/h3-7,15H,8-9H2,1-2H3,(H,14,16). The van der Waals surface area contributed by atoms with E-state index in [9.17, 15) is 4.79 Å². The van der Waals surface area contributed by atoms with Crippen molar-refractivity contribution in [3.8, 4) is 0 Å².